The van der Waals surface area contributed by atoms with Crippen molar-refractivity contribution in [2.45, 2.75) is 19.1 Å². The number of furan rings is 1. The Kier molecular flexibility index (Phi) is 5.87. The molecule has 0 bridgehead atoms. The number of ether oxygens (including phenoxy) is 1. The van der Waals surface area contributed by atoms with Crippen molar-refractivity contribution in [3.8, 4) is 17.3 Å². The quantitative estimate of drug-likeness (QED) is 0.343. The Morgan fingerprint density at radius 2 is 1.97 bits per heavy atom. The fourth-order valence-corrected chi connectivity index (χ4v) is 3.19. The summed E-state index contributed by atoms with van der Waals surface area (Å²) in [5.41, 5.74) is -0.0292. The number of fused-ring (bicyclic) bond motifs is 1. The summed E-state index contributed by atoms with van der Waals surface area (Å²) in [6, 6.07) is 8.05. The second-order valence-electron chi connectivity index (χ2n) is 6.61. The topological polar surface area (TPSA) is 88.9 Å². The van der Waals surface area contributed by atoms with Crippen molar-refractivity contribution in [3.63, 3.8) is 0 Å². The highest BCUT2D eigenvalue weighted by molar-refractivity contribution is 6.32. The summed E-state index contributed by atoms with van der Waals surface area (Å²) in [7, 11) is 0. The lowest BCUT2D eigenvalue weighted by Gasteiger charge is -2.16. The van der Waals surface area contributed by atoms with Crippen LogP contribution in [0.4, 0.5) is 27.6 Å². The van der Waals surface area contributed by atoms with Gasteiger partial charge in [-0.05, 0) is 52.4 Å². The highest BCUT2D eigenvalue weighted by Crippen LogP contribution is 2.38. The lowest BCUT2D eigenvalue weighted by atomic mass is 10.1. The number of halogens is 6. The molecule has 4 aromatic rings. The Balaban J connectivity index is 1.55. The van der Waals surface area contributed by atoms with Crippen LogP contribution in [-0.4, -0.2) is 33.7 Å². The number of rotatable bonds is 7. The Labute approximate surface area is 181 Å². The number of aromatic amines is 1. The van der Waals surface area contributed by atoms with E-state index in [1.807, 2.05) is 0 Å². The molecule has 0 radical (unpaired) electrons. The Hall–Kier alpha value is -3.41. The van der Waals surface area contributed by atoms with Crippen LogP contribution in [0.25, 0.3) is 22.6 Å². The lowest BCUT2D eigenvalue weighted by molar-refractivity contribution is -0.139. The van der Waals surface area contributed by atoms with Crippen molar-refractivity contribution >= 4 is 28.3 Å². The van der Waals surface area contributed by atoms with Gasteiger partial charge in [0.15, 0.2) is 5.76 Å². The fraction of sp³-hybridized carbons (Fsp3) is 0.211. The molecule has 168 valence electrons. The van der Waals surface area contributed by atoms with Gasteiger partial charge >= 0.3 is 6.18 Å². The molecule has 0 amide bonds. The zero-order chi connectivity index (χ0) is 22.9. The second kappa shape index (κ2) is 8.61. The number of hydrogen-bond acceptors (Lipinski definition) is 6. The van der Waals surface area contributed by atoms with E-state index >= 15 is 0 Å². The molecule has 4 rings (SSSR count). The molecule has 2 heterocycles. The fourth-order valence-electron chi connectivity index (χ4n) is 2.95. The maximum Gasteiger partial charge on any atom is 0.420 e. The van der Waals surface area contributed by atoms with Gasteiger partial charge in [-0.15, -0.1) is 5.10 Å². The molecule has 0 aliphatic heterocycles. The maximum absolute atomic E-state index is 13.3. The summed E-state index contributed by atoms with van der Waals surface area (Å²) in [6.45, 7) is -1.07. The third-order valence-corrected chi connectivity index (χ3v) is 4.75. The summed E-state index contributed by atoms with van der Waals surface area (Å²) in [4.78, 5) is 0. The average molecular weight is 474 g/mol. The van der Waals surface area contributed by atoms with Crippen molar-refractivity contribution in [2.24, 2.45) is 0 Å². The first-order valence-electron chi connectivity index (χ1n) is 9.03. The largest absolute Gasteiger partial charge is 0.487 e. The normalized spacial score (nSPS) is 12.0. The van der Waals surface area contributed by atoms with Crippen LogP contribution < -0.4 is 10.1 Å². The summed E-state index contributed by atoms with van der Waals surface area (Å²) < 4.78 is 74.9. The molecule has 0 saturated heterocycles. The molecule has 2 aromatic heterocycles. The zero-order valence-electron chi connectivity index (χ0n) is 15.9. The van der Waals surface area contributed by atoms with Gasteiger partial charge in [0.25, 0.3) is 6.43 Å². The molecule has 13 heteroatoms. The van der Waals surface area contributed by atoms with Gasteiger partial charge in [-0.2, -0.15) is 13.2 Å². The molecule has 0 aliphatic carbocycles. The second-order valence-corrected chi connectivity index (χ2v) is 7.01. The van der Waals surface area contributed by atoms with E-state index in [2.05, 4.69) is 30.7 Å². The zero-order valence-corrected chi connectivity index (χ0v) is 16.6. The molecular formula is C19H13ClF5N5O2. The molecule has 7 nitrogen and oxygen atoms in total. The van der Waals surface area contributed by atoms with E-state index in [1.54, 1.807) is 18.2 Å². The van der Waals surface area contributed by atoms with Gasteiger partial charge in [0.2, 0.25) is 5.82 Å². The number of nitrogens with one attached hydrogen (secondary N) is 2. The first kappa shape index (κ1) is 21.8. The van der Waals surface area contributed by atoms with E-state index in [0.717, 1.165) is 12.1 Å². The van der Waals surface area contributed by atoms with Crippen LogP contribution in [0.2, 0.25) is 5.02 Å². The van der Waals surface area contributed by atoms with Crippen LogP contribution in [0.3, 0.4) is 0 Å². The van der Waals surface area contributed by atoms with Gasteiger partial charge in [0.1, 0.15) is 17.9 Å². The molecule has 0 unspecified atom stereocenters. The Morgan fingerprint density at radius 1 is 1.16 bits per heavy atom. The van der Waals surface area contributed by atoms with Crippen molar-refractivity contribution in [2.75, 3.05) is 11.9 Å². The number of anilines is 1. The molecule has 2 aromatic carbocycles. The minimum Gasteiger partial charge on any atom is -0.487 e. The molecule has 32 heavy (non-hydrogen) atoms. The van der Waals surface area contributed by atoms with E-state index in [9.17, 15) is 22.0 Å². The number of alkyl halides is 5. The standard InChI is InChI=1S/C19H13ClF5N5O2/c20-13-3-9-4-16(18-27-29-30-28-18)32-15(9)5-10(13)7-26-11-1-2-14(31-8-17(21)22)12(6-11)19(23,24)25/h1-6,17,26H,7-8H2,(H,27,28,29,30). The van der Waals surface area contributed by atoms with Crippen molar-refractivity contribution < 1.29 is 31.1 Å². The summed E-state index contributed by atoms with van der Waals surface area (Å²) in [6.07, 6.45) is -7.68. The first-order valence-corrected chi connectivity index (χ1v) is 9.40. The predicted molar refractivity (Wildman–Crippen MR) is 105 cm³/mol. The van der Waals surface area contributed by atoms with Crippen LogP contribution in [0.15, 0.2) is 40.8 Å². The van der Waals surface area contributed by atoms with Gasteiger partial charge in [-0.25, -0.2) is 13.9 Å². The predicted octanol–water partition coefficient (Wildman–Crippen LogP) is 5.54. The number of benzene rings is 2. The van der Waals surface area contributed by atoms with Gasteiger partial charge in [0.05, 0.1) is 5.56 Å². The molecule has 0 atom stereocenters. The molecule has 0 spiro atoms. The number of aromatic nitrogens is 4. The van der Waals surface area contributed by atoms with E-state index in [0.29, 0.717) is 33.1 Å². The molecule has 0 fully saturated rings. The molecule has 0 saturated carbocycles. The smallest absolute Gasteiger partial charge is 0.420 e. The van der Waals surface area contributed by atoms with E-state index in [-0.39, 0.29) is 12.2 Å². The maximum atomic E-state index is 13.3. The number of nitrogens with zero attached hydrogens (tertiary/aromatic N) is 3. The number of H-pyrrole nitrogens is 1. The van der Waals surface area contributed by atoms with Crippen LogP contribution in [-0.2, 0) is 12.7 Å². The number of tetrazole rings is 1. The third kappa shape index (κ3) is 4.74. The minimum absolute atomic E-state index is 0.0726. The van der Waals surface area contributed by atoms with Crippen molar-refractivity contribution in [3.05, 3.63) is 52.5 Å². The summed E-state index contributed by atoms with van der Waals surface area (Å²) >= 11 is 6.30. The van der Waals surface area contributed by atoms with Crippen LogP contribution in [0.5, 0.6) is 5.75 Å². The third-order valence-electron chi connectivity index (χ3n) is 4.40. The van der Waals surface area contributed by atoms with E-state index in [1.165, 1.54) is 6.07 Å². The first-order chi connectivity index (χ1) is 15.2. The Morgan fingerprint density at radius 3 is 2.66 bits per heavy atom. The van der Waals surface area contributed by atoms with Crippen molar-refractivity contribution in [1.29, 1.82) is 0 Å². The van der Waals surface area contributed by atoms with E-state index in [4.69, 9.17) is 16.0 Å². The van der Waals surface area contributed by atoms with Gasteiger partial charge in [-0.3, -0.25) is 0 Å². The molecule has 2 N–H and O–H groups in total. The van der Waals surface area contributed by atoms with Crippen LogP contribution >= 0.6 is 11.6 Å². The van der Waals surface area contributed by atoms with Gasteiger partial charge in [0, 0.05) is 22.6 Å². The van der Waals surface area contributed by atoms with Crippen LogP contribution in [0, 0.1) is 0 Å². The Bertz CT molecular complexity index is 1230. The molecular weight excluding hydrogens is 461 g/mol. The number of hydrogen-bond donors (Lipinski definition) is 2. The summed E-state index contributed by atoms with van der Waals surface area (Å²) in [5, 5.41) is 17.2. The highest BCUT2D eigenvalue weighted by atomic mass is 35.5. The van der Waals surface area contributed by atoms with E-state index < -0.39 is 30.5 Å². The van der Waals surface area contributed by atoms with Crippen molar-refractivity contribution in [1.82, 2.24) is 20.6 Å². The van der Waals surface area contributed by atoms with Crippen LogP contribution in [0.1, 0.15) is 11.1 Å². The SMILES string of the molecule is FC(F)COc1ccc(NCc2cc3oc(-c4nnn[nH]4)cc3cc2Cl)cc1C(F)(F)F. The summed E-state index contributed by atoms with van der Waals surface area (Å²) in [5.74, 6) is 0.0408. The highest BCUT2D eigenvalue weighted by Gasteiger charge is 2.35. The van der Waals surface area contributed by atoms with Gasteiger partial charge in [-0.1, -0.05) is 11.6 Å². The lowest BCUT2D eigenvalue weighted by Crippen LogP contribution is -2.13. The monoisotopic (exact) mass is 473 g/mol. The minimum atomic E-state index is -4.79. The average Bonchev–Trinajstić information content (AvgIpc) is 3.39. The van der Waals surface area contributed by atoms with Gasteiger partial charge < -0.3 is 14.5 Å². The molecule has 0 aliphatic rings.